The molecule has 0 aliphatic carbocycles. The van der Waals surface area contributed by atoms with Gasteiger partial charge in [0.1, 0.15) is 23.4 Å². The van der Waals surface area contributed by atoms with Crippen LogP contribution in [0.15, 0.2) is 78.5 Å². The maximum absolute atomic E-state index is 13.5. The molecule has 0 spiro atoms. The van der Waals surface area contributed by atoms with Gasteiger partial charge in [0.05, 0.1) is 17.4 Å². The number of nitrogens with zero attached hydrogens (tertiary/aromatic N) is 2. The number of aromatic nitrogens is 1. The van der Waals surface area contributed by atoms with Gasteiger partial charge in [-0.1, -0.05) is 6.07 Å². The van der Waals surface area contributed by atoms with Crippen LogP contribution in [0.1, 0.15) is 31.1 Å². The van der Waals surface area contributed by atoms with Gasteiger partial charge in [-0.25, -0.2) is 4.39 Å². The molecule has 1 amide bonds. The van der Waals surface area contributed by atoms with Crippen LogP contribution in [-0.2, 0) is 9.59 Å². The van der Waals surface area contributed by atoms with Crippen molar-refractivity contribution in [1.82, 2.24) is 4.98 Å². The second-order valence-electron chi connectivity index (χ2n) is 7.59. The maximum Gasteiger partial charge on any atom is 0.300 e. The van der Waals surface area contributed by atoms with Crippen molar-refractivity contribution in [3.8, 4) is 5.75 Å². The summed E-state index contributed by atoms with van der Waals surface area (Å²) in [6.07, 6.45) is 1.53. The van der Waals surface area contributed by atoms with Gasteiger partial charge in [0.25, 0.3) is 11.7 Å². The predicted octanol–water partition coefficient (Wildman–Crippen LogP) is 4.63. The molecule has 3 aromatic rings. The summed E-state index contributed by atoms with van der Waals surface area (Å²) in [5.41, 5.74) is 0.996. The van der Waals surface area contributed by atoms with Crippen molar-refractivity contribution >= 4 is 23.1 Å². The smallest absolute Gasteiger partial charge is 0.300 e. The standard InChI is InChI=1S/C25H21FN2O4/c1-15(2)32-19-12-6-16(7-13-19)23(29)21-22(20-5-3-4-14-27-20)28(25(31)24(21)30)18-10-8-17(26)9-11-18/h3-15,22,29H,1-2H3/b23-21-. The van der Waals surface area contributed by atoms with Crippen LogP contribution in [0.2, 0.25) is 0 Å². The average molecular weight is 432 g/mol. The van der Waals surface area contributed by atoms with Gasteiger partial charge in [-0.2, -0.15) is 0 Å². The minimum atomic E-state index is -0.965. The number of rotatable bonds is 5. The van der Waals surface area contributed by atoms with Crippen molar-refractivity contribution in [2.45, 2.75) is 26.0 Å². The molecule has 1 fully saturated rings. The predicted molar refractivity (Wildman–Crippen MR) is 118 cm³/mol. The molecule has 6 nitrogen and oxygen atoms in total. The number of anilines is 1. The molecule has 162 valence electrons. The van der Waals surface area contributed by atoms with E-state index in [0.29, 0.717) is 22.7 Å². The summed E-state index contributed by atoms with van der Waals surface area (Å²) in [5, 5.41) is 11.1. The molecule has 1 unspecified atom stereocenters. The van der Waals surface area contributed by atoms with Crippen LogP contribution >= 0.6 is 0 Å². The van der Waals surface area contributed by atoms with Gasteiger partial charge in [-0.15, -0.1) is 0 Å². The summed E-state index contributed by atoms with van der Waals surface area (Å²) in [4.78, 5) is 31.6. The molecule has 4 rings (SSSR count). The average Bonchev–Trinajstić information content (AvgIpc) is 3.05. The third kappa shape index (κ3) is 3.97. The fourth-order valence-corrected chi connectivity index (χ4v) is 3.64. The second kappa shape index (κ2) is 8.63. The summed E-state index contributed by atoms with van der Waals surface area (Å²) >= 11 is 0. The third-order valence-corrected chi connectivity index (χ3v) is 5.02. The molecule has 7 heteroatoms. The van der Waals surface area contributed by atoms with Gasteiger partial charge in [0.2, 0.25) is 0 Å². The number of carbonyl (C=O) groups is 2. The van der Waals surface area contributed by atoms with Gasteiger partial charge in [0.15, 0.2) is 0 Å². The molecule has 1 saturated heterocycles. The molecular formula is C25H21FN2O4. The Morgan fingerprint density at radius 3 is 2.31 bits per heavy atom. The van der Waals surface area contributed by atoms with Crippen LogP contribution in [-0.4, -0.2) is 27.9 Å². The number of amides is 1. The first-order chi connectivity index (χ1) is 15.4. The van der Waals surface area contributed by atoms with Crippen molar-refractivity contribution in [2.24, 2.45) is 0 Å². The number of benzene rings is 2. The zero-order chi connectivity index (χ0) is 22.8. The van der Waals surface area contributed by atoms with Crippen LogP contribution in [0.5, 0.6) is 5.75 Å². The zero-order valence-electron chi connectivity index (χ0n) is 17.5. The van der Waals surface area contributed by atoms with E-state index in [9.17, 15) is 19.1 Å². The summed E-state index contributed by atoms with van der Waals surface area (Å²) in [6.45, 7) is 3.80. The molecule has 1 aliphatic rings. The van der Waals surface area contributed by atoms with E-state index in [4.69, 9.17) is 4.74 Å². The fraction of sp³-hybridized carbons (Fsp3) is 0.160. The molecule has 32 heavy (non-hydrogen) atoms. The van der Waals surface area contributed by atoms with E-state index in [2.05, 4.69) is 4.98 Å². The second-order valence-corrected chi connectivity index (χ2v) is 7.59. The Labute approximate surface area is 184 Å². The van der Waals surface area contributed by atoms with Crippen molar-refractivity contribution in [2.75, 3.05) is 4.90 Å². The minimum absolute atomic E-state index is 0.0142. The first kappa shape index (κ1) is 21.2. The van der Waals surface area contributed by atoms with Crippen molar-refractivity contribution in [1.29, 1.82) is 0 Å². The quantitative estimate of drug-likeness (QED) is 0.361. The van der Waals surface area contributed by atoms with Gasteiger partial charge in [-0.3, -0.25) is 19.5 Å². The Kier molecular flexibility index (Phi) is 5.73. The van der Waals surface area contributed by atoms with Crippen LogP contribution in [0, 0.1) is 5.82 Å². The summed E-state index contributed by atoms with van der Waals surface area (Å²) < 4.78 is 19.1. The van der Waals surface area contributed by atoms with Crippen LogP contribution in [0.4, 0.5) is 10.1 Å². The van der Waals surface area contributed by atoms with Crippen molar-refractivity contribution in [3.63, 3.8) is 0 Å². The number of pyridine rings is 1. The number of ketones is 1. The van der Waals surface area contributed by atoms with Crippen molar-refractivity contribution in [3.05, 3.63) is 95.6 Å². The Bertz CT molecular complexity index is 1170. The molecule has 1 atom stereocenters. The molecule has 2 aromatic carbocycles. The van der Waals surface area contributed by atoms with E-state index in [1.807, 2.05) is 13.8 Å². The number of carbonyl (C=O) groups excluding carboxylic acids is 2. The van der Waals surface area contributed by atoms with Gasteiger partial charge >= 0.3 is 0 Å². The molecular weight excluding hydrogens is 411 g/mol. The van der Waals surface area contributed by atoms with Gasteiger partial charge in [-0.05, 0) is 74.5 Å². The maximum atomic E-state index is 13.5. The van der Waals surface area contributed by atoms with E-state index in [1.54, 1.807) is 42.5 Å². The number of aliphatic hydroxyl groups is 1. The monoisotopic (exact) mass is 432 g/mol. The fourth-order valence-electron chi connectivity index (χ4n) is 3.64. The van der Waals surface area contributed by atoms with E-state index in [1.165, 1.54) is 35.4 Å². The lowest BCUT2D eigenvalue weighted by Crippen LogP contribution is -2.29. The topological polar surface area (TPSA) is 79.7 Å². The lowest BCUT2D eigenvalue weighted by atomic mass is 9.98. The first-order valence-electron chi connectivity index (χ1n) is 10.1. The minimum Gasteiger partial charge on any atom is -0.507 e. The van der Waals surface area contributed by atoms with Crippen LogP contribution in [0.25, 0.3) is 5.76 Å². The highest BCUT2D eigenvalue weighted by Gasteiger charge is 2.47. The highest BCUT2D eigenvalue weighted by atomic mass is 19.1. The first-order valence-corrected chi connectivity index (χ1v) is 10.1. The molecule has 1 aromatic heterocycles. The SMILES string of the molecule is CC(C)Oc1ccc(/C(O)=C2/C(=O)C(=O)N(c3ccc(F)cc3)C2c2ccccn2)cc1. The lowest BCUT2D eigenvalue weighted by molar-refractivity contribution is -0.132. The molecule has 1 N–H and O–H groups in total. The van der Waals surface area contributed by atoms with E-state index < -0.39 is 23.5 Å². The number of halogens is 1. The third-order valence-electron chi connectivity index (χ3n) is 5.02. The zero-order valence-corrected chi connectivity index (χ0v) is 17.5. The number of ether oxygens (including phenoxy) is 1. The normalized spacial score (nSPS) is 17.8. The van der Waals surface area contributed by atoms with Crippen LogP contribution in [0.3, 0.4) is 0 Å². The van der Waals surface area contributed by atoms with Crippen LogP contribution < -0.4 is 9.64 Å². The molecule has 0 bridgehead atoms. The summed E-state index contributed by atoms with van der Waals surface area (Å²) in [6, 6.07) is 16.0. The highest BCUT2D eigenvalue weighted by Crippen LogP contribution is 2.41. The number of Topliss-reactive ketones (excluding diaryl/α,β-unsaturated/α-hetero) is 1. The molecule has 2 heterocycles. The van der Waals surface area contributed by atoms with E-state index in [0.717, 1.165) is 0 Å². The number of hydrogen-bond donors (Lipinski definition) is 1. The Balaban J connectivity index is 1.84. The largest absolute Gasteiger partial charge is 0.507 e. The van der Waals surface area contributed by atoms with Crippen molar-refractivity contribution < 1.29 is 23.8 Å². The number of hydrogen-bond acceptors (Lipinski definition) is 5. The van der Waals surface area contributed by atoms with E-state index in [-0.39, 0.29) is 17.4 Å². The number of aliphatic hydroxyl groups excluding tert-OH is 1. The Hall–Kier alpha value is -4.00. The van der Waals surface area contributed by atoms with Gasteiger partial charge in [0, 0.05) is 17.4 Å². The van der Waals surface area contributed by atoms with E-state index >= 15 is 0 Å². The molecule has 1 aliphatic heterocycles. The Morgan fingerprint density at radius 2 is 1.72 bits per heavy atom. The summed E-state index contributed by atoms with van der Waals surface area (Å²) in [5.74, 6) is -1.84. The highest BCUT2D eigenvalue weighted by molar-refractivity contribution is 6.51. The molecule has 0 radical (unpaired) electrons. The Morgan fingerprint density at radius 1 is 1.03 bits per heavy atom. The summed E-state index contributed by atoms with van der Waals surface area (Å²) in [7, 11) is 0. The lowest BCUT2D eigenvalue weighted by Gasteiger charge is -2.24. The van der Waals surface area contributed by atoms with Gasteiger partial charge < -0.3 is 9.84 Å². The molecule has 0 saturated carbocycles.